The first-order chi connectivity index (χ1) is 16.2. The number of hydrogen-bond donors (Lipinski definition) is 4. The van der Waals surface area contributed by atoms with Crippen LogP contribution in [-0.4, -0.2) is 62.2 Å². The molecule has 1 heterocycles. The molecule has 1 aromatic heterocycles. The molecule has 1 amide bonds. The Balaban J connectivity index is 1.86. The summed E-state index contributed by atoms with van der Waals surface area (Å²) in [5, 5.41) is 35.8. The number of carbonyl (C=O) groups excluding carboxylic acids is 1. The van der Waals surface area contributed by atoms with Crippen LogP contribution >= 0.6 is 11.6 Å². The first kappa shape index (κ1) is 24.7. The lowest BCUT2D eigenvalue weighted by Crippen LogP contribution is -2.48. The number of halogens is 1. The summed E-state index contributed by atoms with van der Waals surface area (Å²) < 4.78 is 6.31. The Kier molecular flexibility index (Phi) is 7.87. The number of carboxylic acids is 2. The quantitative estimate of drug-likeness (QED) is 0.339. The maximum Gasteiger partial charge on any atom is 0.354 e. The molecule has 0 saturated heterocycles. The summed E-state index contributed by atoms with van der Waals surface area (Å²) in [6.07, 6.45) is -2.01. The van der Waals surface area contributed by atoms with Crippen LogP contribution in [-0.2, 0) is 17.8 Å². The van der Waals surface area contributed by atoms with Crippen molar-refractivity contribution in [1.29, 1.82) is 0 Å². The summed E-state index contributed by atoms with van der Waals surface area (Å²) in [7, 11) is 1.50. The van der Waals surface area contributed by atoms with Crippen molar-refractivity contribution in [2.75, 3.05) is 7.11 Å². The second-order valence-electron chi connectivity index (χ2n) is 7.39. The Morgan fingerprint density at radius 2 is 1.85 bits per heavy atom. The predicted molar refractivity (Wildman–Crippen MR) is 121 cm³/mol. The number of nitrogens with one attached hydrogen (secondary N) is 1. The predicted octanol–water partition coefficient (Wildman–Crippen LogP) is 2.08. The largest absolute Gasteiger partial charge is 0.497 e. The van der Waals surface area contributed by atoms with E-state index in [0.717, 1.165) is 10.7 Å². The van der Waals surface area contributed by atoms with Crippen LogP contribution in [0.15, 0.2) is 54.6 Å². The van der Waals surface area contributed by atoms with Gasteiger partial charge >= 0.3 is 11.9 Å². The summed E-state index contributed by atoms with van der Waals surface area (Å²) >= 11 is 6.13. The van der Waals surface area contributed by atoms with Crippen LogP contribution in [0.25, 0.3) is 0 Å². The van der Waals surface area contributed by atoms with E-state index in [4.69, 9.17) is 16.3 Å². The molecule has 4 N–H and O–H groups in total. The van der Waals surface area contributed by atoms with Crippen LogP contribution in [0, 0.1) is 0 Å². The first-order valence-corrected chi connectivity index (χ1v) is 10.5. The Labute approximate surface area is 199 Å². The molecule has 0 radical (unpaired) electrons. The van der Waals surface area contributed by atoms with Gasteiger partial charge in [0, 0.05) is 11.1 Å². The Bertz CT molecular complexity index is 1210. The standard InChI is InChI=1S/C23H22ClN3O7/c1-34-15-7-4-5-13(9-15)12-27-19(22(30)31)11-18(26-27)21(29)25-17(20(28)23(32)33)10-14-6-2-3-8-16(14)24/h2-9,11,17,20,28H,10,12H2,1H3,(H,25,29)(H,30,31)(H,32,33)/t17-,20-/m1/s1. The molecule has 3 rings (SSSR count). The third-order valence-corrected chi connectivity index (χ3v) is 5.42. The lowest BCUT2D eigenvalue weighted by atomic mass is 10.0. The highest BCUT2D eigenvalue weighted by atomic mass is 35.5. The number of nitrogens with zero attached hydrogens (tertiary/aromatic N) is 2. The number of aromatic nitrogens is 2. The number of rotatable bonds is 10. The lowest BCUT2D eigenvalue weighted by Gasteiger charge is -2.21. The van der Waals surface area contributed by atoms with E-state index in [2.05, 4.69) is 10.4 Å². The van der Waals surface area contributed by atoms with Crippen molar-refractivity contribution in [3.8, 4) is 5.75 Å². The molecule has 0 bridgehead atoms. The number of ether oxygens (including phenoxy) is 1. The van der Waals surface area contributed by atoms with Crippen LogP contribution < -0.4 is 10.1 Å². The van der Waals surface area contributed by atoms with Gasteiger partial charge in [0.15, 0.2) is 11.8 Å². The first-order valence-electron chi connectivity index (χ1n) is 10.1. The molecule has 0 spiro atoms. The molecule has 0 aliphatic rings. The van der Waals surface area contributed by atoms with E-state index in [9.17, 15) is 29.7 Å². The highest BCUT2D eigenvalue weighted by Crippen LogP contribution is 2.19. The van der Waals surface area contributed by atoms with Gasteiger partial charge in [0.1, 0.15) is 11.4 Å². The van der Waals surface area contributed by atoms with Crippen LogP contribution in [0.5, 0.6) is 5.75 Å². The molecule has 0 aliphatic heterocycles. The van der Waals surface area contributed by atoms with Crippen molar-refractivity contribution in [1.82, 2.24) is 15.1 Å². The molecule has 0 aliphatic carbocycles. The normalized spacial score (nSPS) is 12.6. The molecule has 34 heavy (non-hydrogen) atoms. The van der Waals surface area contributed by atoms with E-state index >= 15 is 0 Å². The highest BCUT2D eigenvalue weighted by molar-refractivity contribution is 6.31. The van der Waals surface area contributed by atoms with Crippen molar-refractivity contribution in [3.05, 3.63) is 82.1 Å². The number of amides is 1. The van der Waals surface area contributed by atoms with E-state index in [1.807, 2.05) is 0 Å². The molecule has 0 unspecified atom stereocenters. The van der Waals surface area contributed by atoms with Gasteiger partial charge in [-0.3, -0.25) is 9.48 Å². The number of benzene rings is 2. The second-order valence-corrected chi connectivity index (χ2v) is 7.79. The molecule has 10 nitrogen and oxygen atoms in total. The number of methoxy groups -OCH3 is 1. The van der Waals surface area contributed by atoms with Gasteiger partial charge in [0.25, 0.3) is 5.91 Å². The highest BCUT2D eigenvalue weighted by Gasteiger charge is 2.30. The topological polar surface area (TPSA) is 151 Å². The number of hydrogen-bond acceptors (Lipinski definition) is 6. The van der Waals surface area contributed by atoms with Gasteiger partial charge in [0.2, 0.25) is 0 Å². The SMILES string of the molecule is COc1cccc(Cn2nc(C(=O)N[C@H](Cc3ccccc3Cl)[C@@H](O)C(=O)O)cc2C(=O)O)c1. The number of aliphatic hydroxyl groups is 1. The Morgan fingerprint density at radius 3 is 2.50 bits per heavy atom. The number of aromatic carboxylic acids is 1. The third kappa shape index (κ3) is 5.91. The maximum atomic E-state index is 12.9. The molecule has 0 saturated carbocycles. The zero-order valence-corrected chi connectivity index (χ0v) is 18.8. The van der Waals surface area contributed by atoms with Crippen LogP contribution in [0.2, 0.25) is 5.02 Å². The van der Waals surface area contributed by atoms with Gasteiger partial charge in [-0.1, -0.05) is 41.9 Å². The van der Waals surface area contributed by atoms with Crippen LogP contribution in [0.4, 0.5) is 0 Å². The fourth-order valence-electron chi connectivity index (χ4n) is 3.32. The number of aliphatic carboxylic acids is 1. The van der Waals surface area contributed by atoms with Crippen LogP contribution in [0.3, 0.4) is 0 Å². The minimum absolute atomic E-state index is 0.0485. The zero-order valence-electron chi connectivity index (χ0n) is 18.0. The monoisotopic (exact) mass is 487 g/mol. The van der Waals surface area contributed by atoms with Crippen molar-refractivity contribution >= 4 is 29.4 Å². The lowest BCUT2D eigenvalue weighted by molar-refractivity contribution is -0.148. The fourth-order valence-corrected chi connectivity index (χ4v) is 3.53. The van der Waals surface area contributed by atoms with Gasteiger partial charge in [-0.15, -0.1) is 0 Å². The Hall–Kier alpha value is -3.89. The molecular formula is C23H22ClN3O7. The van der Waals surface area contributed by atoms with E-state index in [-0.39, 0.29) is 24.4 Å². The van der Waals surface area contributed by atoms with E-state index < -0.39 is 30.0 Å². The molecular weight excluding hydrogens is 466 g/mol. The van der Waals surface area contributed by atoms with E-state index in [0.29, 0.717) is 21.9 Å². The van der Waals surface area contributed by atoms with Gasteiger partial charge in [-0.2, -0.15) is 5.10 Å². The van der Waals surface area contributed by atoms with Gasteiger partial charge in [0.05, 0.1) is 19.7 Å². The van der Waals surface area contributed by atoms with Crippen molar-refractivity contribution in [3.63, 3.8) is 0 Å². The van der Waals surface area contributed by atoms with E-state index in [1.54, 1.807) is 48.5 Å². The van der Waals surface area contributed by atoms with Crippen molar-refractivity contribution in [2.45, 2.75) is 25.1 Å². The molecule has 2 atom stereocenters. The van der Waals surface area contributed by atoms with Crippen molar-refractivity contribution < 1.29 is 34.4 Å². The minimum atomic E-state index is -1.93. The average molecular weight is 488 g/mol. The second kappa shape index (κ2) is 10.8. The van der Waals surface area contributed by atoms with Crippen molar-refractivity contribution in [2.24, 2.45) is 0 Å². The molecule has 3 aromatic rings. The number of carboxylic acid groups (broad SMARTS) is 2. The average Bonchev–Trinajstić information content (AvgIpc) is 3.23. The minimum Gasteiger partial charge on any atom is -0.497 e. The zero-order chi connectivity index (χ0) is 24.8. The summed E-state index contributed by atoms with van der Waals surface area (Å²) in [6, 6.07) is 13.4. The summed E-state index contributed by atoms with van der Waals surface area (Å²) in [6.45, 7) is 0.0485. The molecule has 11 heteroatoms. The van der Waals surface area contributed by atoms with Gasteiger partial charge in [-0.25, -0.2) is 9.59 Å². The maximum absolute atomic E-state index is 12.9. The summed E-state index contributed by atoms with van der Waals surface area (Å²) in [5.74, 6) is -3.10. The fraction of sp³-hybridized carbons (Fsp3) is 0.217. The third-order valence-electron chi connectivity index (χ3n) is 5.05. The van der Waals surface area contributed by atoms with E-state index in [1.165, 1.54) is 7.11 Å². The van der Waals surface area contributed by atoms with Gasteiger partial charge < -0.3 is 25.4 Å². The number of aliphatic hydroxyl groups excluding tert-OH is 1. The summed E-state index contributed by atoms with van der Waals surface area (Å²) in [5.41, 5.74) is 0.718. The molecule has 0 fully saturated rings. The smallest absolute Gasteiger partial charge is 0.354 e. The Morgan fingerprint density at radius 1 is 1.12 bits per heavy atom. The molecule has 178 valence electrons. The number of carbonyl (C=O) groups is 3. The van der Waals surface area contributed by atoms with Gasteiger partial charge in [-0.05, 0) is 35.7 Å². The summed E-state index contributed by atoms with van der Waals surface area (Å²) in [4.78, 5) is 36.0. The molecule has 2 aromatic carbocycles. The van der Waals surface area contributed by atoms with Crippen LogP contribution in [0.1, 0.15) is 32.1 Å².